The van der Waals surface area contributed by atoms with Gasteiger partial charge in [-0.1, -0.05) is 0 Å². The first-order valence-corrected chi connectivity index (χ1v) is 15.6. The Bertz CT molecular complexity index is 1590. The van der Waals surface area contributed by atoms with E-state index in [1.165, 1.54) is 11.0 Å². The van der Waals surface area contributed by atoms with Crippen LogP contribution < -0.4 is 15.5 Å². The lowest BCUT2D eigenvalue weighted by molar-refractivity contribution is -0.138. The van der Waals surface area contributed by atoms with Crippen LogP contribution in [0.2, 0.25) is 0 Å². The number of ether oxygens (including phenoxy) is 1. The van der Waals surface area contributed by atoms with Crippen LogP contribution in [0.3, 0.4) is 0 Å². The summed E-state index contributed by atoms with van der Waals surface area (Å²) >= 11 is 0. The van der Waals surface area contributed by atoms with Crippen LogP contribution in [-0.2, 0) is 36.5 Å². The summed E-state index contributed by atoms with van der Waals surface area (Å²) in [7, 11) is 3.60. The van der Waals surface area contributed by atoms with Crippen molar-refractivity contribution in [2.24, 2.45) is 7.05 Å². The molecule has 2 aromatic carbocycles. The number of aromatic nitrogens is 3. The third kappa shape index (κ3) is 4.98. The zero-order valence-corrected chi connectivity index (χ0v) is 25.4. The van der Waals surface area contributed by atoms with Crippen LogP contribution >= 0.6 is 0 Å². The van der Waals surface area contributed by atoms with Crippen molar-refractivity contribution >= 4 is 17.3 Å². The number of rotatable bonds is 9. The molecule has 0 radical (unpaired) electrons. The fraction of sp³-hybridized carbons (Fsp3) is 0.545. The number of methoxy groups -OCH3 is 1. The zero-order valence-electron chi connectivity index (χ0n) is 25.4. The highest BCUT2D eigenvalue weighted by atomic mass is 19.4. The quantitative estimate of drug-likeness (QED) is 0.306. The summed E-state index contributed by atoms with van der Waals surface area (Å²) in [6.07, 6.45) is 4.86. The van der Waals surface area contributed by atoms with Crippen molar-refractivity contribution in [2.75, 3.05) is 17.3 Å². The lowest BCUT2D eigenvalue weighted by atomic mass is 9.61. The summed E-state index contributed by atoms with van der Waals surface area (Å²) in [5, 5.41) is 15.6. The smallest absolute Gasteiger partial charge is 0.382 e. The first kappa shape index (κ1) is 29.3. The van der Waals surface area contributed by atoms with Gasteiger partial charge in [0, 0.05) is 49.2 Å². The summed E-state index contributed by atoms with van der Waals surface area (Å²) < 4.78 is 50.9. The van der Waals surface area contributed by atoms with Crippen LogP contribution in [0.1, 0.15) is 96.7 Å². The third-order valence-corrected chi connectivity index (χ3v) is 10.5. The molecule has 44 heavy (non-hydrogen) atoms. The van der Waals surface area contributed by atoms with Gasteiger partial charge in [0.2, 0.25) is 0 Å². The number of hydrogen-bond acceptors (Lipinski definition) is 6. The van der Waals surface area contributed by atoms with Crippen LogP contribution in [0.5, 0.6) is 0 Å². The van der Waals surface area contributed by atoms with Crippen LogP contribution in [0.15, 0.2) is 36.7 Å². The molecule has 3 aliphatic carbocycles. The minimum atomic E-state index is -4.58. The number of halogens is 3. The van der Waals surface area contributed by atoms with E-state index in [2.05, 4.69) is 33.8 Å². The highest BCUT2D eigenvalue weighted by Gasteiger charge is 2.51. The van der Waals surface area contributed by atoms with Gasteiger partial charge in [-0.05, 0) is 105 Å². The van der Waals surface area contributed by atoms with Gasteiger partial charge in [0.25, 0.3) is 5.91 Å². The molecular formula is C33H39F3N6O2. The number of nitrogens with one attached hydrogen (secondary N) is 2. The first-order valence-electron chi connectivity index (χ1n) is 15.6. The second-order valence-corrected chi connectivity index (χ2v) is 13.5. The molecule has 7 rings (SSSR count). The summed E-state index contributed by atoms with van der Waals surface area (Å²) in [4.78, 5) is 15.5. The van der Waals surface area contributed by atoms with Gasteiger partial charge in [-0.15, -0.1) is 10.2 Å². The Morgan fingerprint density at radius 1 is 1.09 bits per heavy atom. The number of hydrogen-bond donors (Lipinski definition) is 2. The van der Waals surface area contributed by atoms with Crippen LogP contribution in [0, 0.1) is 0 Å². The minimum Gasteiger partial charge on any atom is -0.382 e. The fourth-order valence-corrected chi connectivity index (χ4v) is 7.29. The van der Waals surface area contributed by atoms with Crippen molar-refractivity contribution in [3.8, 4) is 0 Å². The largest absolute Gasteiger partial charge is 0.416 e. The van der Waals surface area contributed by atoms with Gasteiger partial charge in [0.1, 0.15) is 12.2 Å². The van der Waals surface area contributed by atoms with Crippen LogP contribution in [-0.4, -0.2) is 45.5 Å². The van der Waals surface area contributed by atoms with Gasteiger partial charge in [0.15, 0.2) is 0 Å². The second kappa shape index (κ2) is 10.6. The van der Waals surface area contributed by atoms with Crippen molar-refractivity contribution in [1.82, 2.24) is 20.1 Å². The first-order chi connectivity index (χ1) is 21.0. The SMILES string of the molecule is CO[C@H]1C[C@](c2cc(NC3CCC3)cc(N3Cc4c(cc(CNC5(C)CCC5)cc4C(F)(F)F)C3=O)c2)(c2nncn2C)C1. The summed E-state index contributed by atoms with van der Waals surface area (Å²) in [6.45, 7) is 2.23. The molecule has 11 heteroatoms. The van der Waals surface area contributed by atoms with Gasteiger partial charge in [-0.2, -0.15) is 13.2 Å². The predicted molar refractivity (Wildman–Crippen MR) is 161 cm³/mol. The molecule has 0 saturated heterocycles. The van der Waals surface area contributed by atoms with Crippen molar-refractivity contribution in [1.29, 1.82) is 0 Å². The van der Waals surface area contributed by atoms with E-state index < -0.39 is 23.1 Å². The van der Waals surface area contributed by atoms with Crippen LogP contribution in [0.25, 0.3) is 0 Å². The Morgan fingerprint density at radius 3 is 2.45 bits per heavy atom. The molecule has 2 heterocycles. The molecule has 234 valence electrons. The Balaban J connectivity index is 1.28. The Labute approximate surface area is 255 Å². The van der Waals surface area contributed by atoms with E-state index in [0.717, 1.165) is 55.6 Å². The predicted octanol–water partition coefficient (Wildman–Crippen LogP) is 6.09. The number of alkyl halides is 3. The molecule has 0 unspecified atom stereocenters. The van der Waals surface area contributed by atoms with Gasteiger partial charge < -0.3 is 24.8 Å². The van der Waals surface area contributed by atoms with E-state index in [9.17, 15) is 18.0 Å². The lowest BCUT2D eigenvalue weighted by Crippen LogP contribution is -2.48. The van der Waals surface area contributed by atoms with Gasteiger partial charge in [-0.3, -0.25) is 4.79 Å². The molecule has 0 bridgehead atoms. The molecule has 3 fully saturated rings. The van der Waals surface area contributed by atoms with E-state index in [4.69, 9.17) is 4.74 Å². The maximum atomic E-state index is 14.4. The summed E-state index contributed by atoms with van der Waals surface area (Å²) in [5.41, 5.74) is 1.70. The van der Waals surface area contributed by atoms with E-state index >= 15 is 0 Å². The maximum absolute atomic E-state index is 14.4. The Hall–Kier alpha value is -3.44. The molecule has 1 amide bonds. The van der Waals surface area contributed by atoms with Crippen molar-refractivity contribution in [3.63, 3.8) is 0 Å². The van der Waals surface area contributed by atoms with Crippen molar-refractivity contribution < 1.29 is 22.7 Å². The Kier molecular flexibility index (Phi) is 7.04. The average molecular weight is 609 g/mol. The zero-order chi connectivity index (χ0) is 30.9. The molecule has 3 saturated carbocycles. The fourth-order valence-electron chi connectivity index (χ4n) is 7.29. The number of anilines is 2. The normalized spacial score (nSPS) is 24.5. The highest BCUT2D eigenvalue weighted by Crippen LogP contribution is 2.51. The number of fused-ring (bicyclic) bond motifs is 1. The molecule has 0 atom stereocenters. The van der Waals surface area contributed by atoms with Gasteiger partial charge >= 0.3 is 6.18 Å². The minimum absolute atomic E-state index is 0.0334. The second-order valence-electron chi connectivity index (χ2n) is 13.5. The molecule has 0 spiro atoms. The Morgan fingerprint density at radius 2 is 1.86 bits per heavy atom. The average Bonchev–Trinajstić information content (AvgIpc) is 3.50. The molecule has 2 N–H and O–H groups in total. The van der Waals surface area contributed by atoms with Gasteiger partial charge in [0.05, 0.1) is 23.6 Å². The number of aryl methyl sites for hydroxylation is 1. The maximum Gasteiger partial charge on any atom is 0.416 e. The molecule has 4 aliphatic rings. The van der Waals surface area contributed by atoms with E-state index in [1.54, 1.807) is 19.5 Å². The van der Waals surface area contributed by atoms with E-state index in [-0.39, 0.29) is 35.9 Å². The van der Waals surface area contributed by atoms with Crippen molar-refractivity contribution in [3.05, 3.63) is 70.3 Å². The standard InChI is InChI=1S/C33H39F3N6O2/c1-31(8-5-9-31)37-17-20-10-26-27(28(11-20)33(34,35)36)18-42(29(26)43)24-13-21(12-23(14-24)39-22-6-4-7-22)32(15-25(16-32)44-3)30-40-38-19-41(30)2/h10-14,19,22,25,37,39H,4-9,15-18H2,1-3H3/t25-,32-. The molecule has 3 aromatic rings. The highest BCUT2D eigenvalue weighted by molar-refractivity contribution is 6.10. The van der Waals surface area contributed by atoms with Crippen molar-refractivity contribution in [2.45, 2.75) is 101 Å². The third-order valence-electron chi connectivity index (χ3n) is 10.5. The summed E-state index contributed by atoms with van der Waals surface area (Å²) in [5.74, 6) is 0.385. The molecule has 8 nitrogen and oxygen atoms in total. The number of carbonyl (C=O) groups excluding carboxylic acids is 1. The van der Waals surface area contributed by atoms with E-state index in [1.807, 2.05) is 23.7 Å². The lowest BCUT2D eigenvalue weighted by Gasteiger charge is -2.46. The number of amides is 1. The molecular weight excluding hydrogens is 569 g/mol. The number of carbonyl (C=O) groups is 1. The number of nitrogens with zero attached hydrogens (tertiary/aromatic N) is 4. The monoisotopic (exact) mass is 608 g/mol. The van der Waals surface area contributed by atoms with Crippen LogP contribution in [0.4, 0.5) is 24.5 Å². The number of benzene rings is 2. The topological polar surface area (TPSA) is 84.3 Å². The molecule has 1 aromatic heterocycles. The summed E-state index contributed by atoms with van der Waals surface area (Å²) in [6, 6.07) is 9.14. The van der Waals surface area contributed by atoms with Gasteiger partial charge in [-0.25, -0.2) is 0 Å². The molecule has 1 aliphatic heterocycles. The van der Waals surface area contributed by atoms with E-state index in [0.29, 0.717) is 30.1 Å².